The summed E-state index contributed by atoms with van der Waals surface area (Å²) in [6.45, 7) is 5.27. The van der Waals surface area contributed by atoms with Crippen molar-refractivity contribution in [3.63, 3.8) is 0 Å². The zero-order valence-corrected chi connectivity index (χ0v) is 14.8. The minimum absolute atomic E-state index is 0.0863. The van der Waals surface area contributed by atoms with Crippen LogP contribution < -0.4 is 5.32 Å². The number of anilines is 1. The molecule has 2 N–H and O–H groups in total. The van der Waals surface area contributed by atoms with E-state index in [-0.39, 0.29) is 11.9 Å². The number of hydrogen-bond acceptors (Lipinski definition) is 3. The number of aliphatic hydroxyl groups is 1. The molecule has 2 aromatic rings. The summed E-state index contributed by atoms with van der Waals surface area (Å²) < 4.78 is 13.9. The third-order valence-electron chi connectivity index (χ3n) is 5.05. The van der Waals surface area contributed by atoms with Crippen molar-refractivity contribution in [2.75, 3.05) is 25.0 Å². The molecule has 1 saturated heterocycles. The van der Waals surface area contributed by atoms with Crippen molar-refractivity contribution in [1.82, 2.24) is 4.90 Å². The van der Waals surface area contributed by atoms with E-state index < -0.39 is 0 Å². The van der Waals surface area contributed by atoms with E-state index >= 15 is 0 Å². The van der Waals surface area contributed by atoms with Crippen LogP contribution >= 0.6 is 0 Å². The first kappa shape index (κ1) is 17.9. The van der Waals surface area contributed by atoms with Crippen molar-refractivity contribution in [3.05, 3.63) is 65.5 Å². The van der Waals surface area contributed by atoms with Gasteiger partial charge in [-0.05, 0) is 62.5 Å². The number of aliphatic hydroxyl groups excluding tert-OH is 1. The molecule has 25 heavy (non-hydrogen) atoms. The standard InChI is InChI=1S/C21H27FN2O/c1-16(20-7-2-3-8-21(20)22)23-19-6-4-5-18(13-19)14-24-11-9-17(15-25)10-12-24/h2-8,13,16-17,23,25H,9-12,14-15H2,1H3. The predicted molar refractivity (Wildman–Crippen MR) is 100.0 cm³/mol. The molecule has 1 fully saturated rings. The Morgan fingerprint density at radius 1 is 1.16 bits per heavy atom. The van der Waals surface area contributed by atoms with Gasteiger partial charge in [0, 0.05) is 24.4 Å². The van der Waals surface area contributed by atoms with Crippen LogP contribution in [0.5, 0.6) is 0 Å². The fraction of sp³-hybridized carbons (Fsp3) is 0.429. The van der Waals surface area contributed by atoms with Gasteiger partial charge in [-0.15, -0.1) is 0 Å². The van der Waals surface area contributed by atoms with Crippen LogP contribution in [0.4, 0.5) is 10.1 Å². The molecule has 0 radical (unpaired) electrons. The summed E-state index contributed by atoms with van der Waals surface area (Å²) >= 11 is 0. The maximum atomic E-state index is 13.9. The Morgan fingerprint density at radius 2 is 1.92 bits per heavy atom. The lowest BCUT2D eigenvalue weighted by molar-refractivity contribution is 0.127. The van der Waals surface area contributed by atoms with Crippen LogP contribution in [0.3, 0.4) is 0 Å². The zero-order chi connectivity index (χ0) is 17.6. The monoisotopic (exact) mass is 342 g/mol. The Labute approximate surface area is 149 Å². The molecular weight excluding hydrogens is 315 g/mol. The quantitative estimate of drug-likeness (QED) is 0.826. The Bertz CT molecular complexity index is 683. The van der Waals surface area contributed by atoms with Crippen LogP contribution in [-0.2, 0) is 6.54 Å². The smallest absolute Gasteiger partial charge is 0.128 e. The number of nitrogens with one attached hydrogen (secondary N) is 1. The number of hydrogen-bond donors (Lipinski definition) is 2. The SMILES string of the molecule is CC(Nc1cccc(CN2CCC(CO)CC2)c1)c1ccccc1F. The van der Waals surface area contributed by atoms with E-state index in [1.54, 1.807) is 6.07 Å². The largest absolute Gasteiger partial charge is 0.396 e. The number of rotatable bonds is 6. The second-order valence-corrected chi connectivity index (χ2v) is 6.99. The summed E-state index contributed by atoms with van der Waals surface area (Å²) in [4.78, 5) is 2.44. The summed E-state index contributed by atoms with van der Waals surface area (Å²) in [5, 5.41) is 12.6. The zero-order valence-electron chi connectivity index (χ0n) is 14.8. The van der Waals surface area contributed by atoms with Crippen molar-refractivity contribution >= 4 is 5.69 Å². The van der Waals surface area contributed by atoms with Gasteiger partial charge < -0.3 is 10.4 Å². The third-order valence-corrected chi connectivity index (χ3v) is 5.05. The van der Waals surface area contributed by atoms with Gasteiger partial charge in [0.25, 0.3) is 0 Å². The van der Waals surface area contributed by atoms with Crippen LogP contribution in [-0.4, -0.2) is 29.7 Å². The van der Waals surface area contributed by atoms with Gasteiger partial charge in [0.05, 0.1) is 6.04 Å². The molecule has 1 heterocycles. The lowest BCUT2D eigenvalue weighted by Gasteiger charge is -2.31. The molecule has 3 nitrogen and oxygen atoms in total. The summed E-state index contributed by atoms with van der Waals surface area (Å²) in [7, 11) is 0. The fourth-order valence-electron chi connectivity index (χ4n) is 3.50. The second kappa shape index (κ2) is 8.45. The summed E-state index contributed by atoms with van der Waals surface area (Å²) in [5.74, 6) is 0.288. The number of nitrogens with zero attached hydrogens (tertiary/aromatic N) is 1. The third kappa shape index (κ3) is 4.80. The van der Waals surface area contributed by atoms with Gasteiger partial charge in [0.2, 0.25) is 0 Å². The Hall–Kier alpha value is -1.91. The molecule has 1 aliphatic heterocycles. The van der Waals surface area contributed by atoms with Gasteiger partial charge in [0.15, 0.2) is 0 Å². The molecule has 0 amide bonds. The van der Waals surface area contributed by atoms with E-state index in [2.05, 4.69) is 22.3 Å². The molecule has 1 atom stereocenters. The highest BCUT2D eigenvalue weighted by Crippen LogP contribution is 2.23. The van der Waals surface area contributed by atoms with Gasteiger partial charge in [-0.3, -0.25) is 4.90 Å². The van der Waals surface area contributed by atoms with Crippen molar-refractivity contribution in [3.8, 4) is 0 Å². The maximum absolute atomic E-state index is 13.9. The number of likely N-dealkylation sites (tertiary alicyclic amines) is 1. The van der Waals surface area contributed by atoms with E-state index in [0.717, 1.165) is 38.2 Å². The normalized spacial score (nSPS) is 17.4. The molecule has 0 bridgehead atoms. The van der Waals surface area contributed by atoms with Gasteiger partial charge in [0.1, 0.15) is 5.82 Å². The van der Waals surface area contributed by atoms with Crippen LogP contribution in [0.15, 0.2) is 48.5 Å². The van der Waals surface area contributed by atoms with Crippen LogP contribution in [0.1, 0.15) is 36.9 Å². The molecule has 0 saturated carbocycles. The van der Waals surface area contributed by atoms with Crippen LogP contribution in [0.2, 0.25) is 0 Å². The molecule has 0 aromatic heterocycles. The highest BCUT2D eigenvalue weighted by molar-refractivity contribution is 5.47. The topological polar surface area (TPSA) is 35.5 Å². The molecule has 2 aromatic carbocycles. The van der Waals surface area contributed by atoms with Gasteiger partial charge in [-0.25, -0.2) is 4.39 Å². The highest BCUT2D eigenvalue weighted by atomic mass is 19.1. The summed E-state index contributed by atoms with van der Waals surface area (Å²) in [5.41, 5.74) is 2.95. The molecule has 134 valence electrons. The summed E-state index contributed by atoms with van der Waals surface area (Å²) in [6, 6.07) is 15.2. The Balaban J connectivity index is 1.61. The van der Waals surface area contributed by atoms with E-state index in [1.807, 2.05) is 31.2 Å². The number of piperidine rings is 1. The Kier molecular flexibility index (Phi) is 6.05. The highest BCUT2D eigenvalue weighted by Gasteiger charge is 2.18. The van der Waals surface area contributed by atoms with Crippen LogP contribution in [0, 0.1) is 11.7 Å². The first-order chi connectivity index (χ1) is 12.2. The average Bonchev–Trinajstić information content (AvgIpc) is 2.63. The van der Waals surface area contributed by atoms with Crippen molar-refractivity contribution in [2.45, 2.75) is 32.4 Å². The molecule has 0 spiro atoms. The first-order valence-electron chi connectivity index (χ1n) is 9.09. The lowest BCUT2D eigenvalue weighted by Crippen LogP contribution is -2.34. The fourth-order valence-corrected chi connectivity index (χ4v) is 3.50. The van der Waals surface area contributed by atoms with E-state index in [9.17, 15) is 9.50 Å². The molecule has 3 rings (SSSR count). The Morgan fingerprint density at radius 3 is 2.64 bits per heavy atom. The molecule has 1 unspecified atom stereocenters. The van der Waals surface area contributed by atoms with Gasteiger partial charge in [-0.2, -0.15) is 0 Å². The first-order valence-corrected chi connectivity index (χ1v) is 9.09. The minimum Gasteiger partial charge on any atom is -0.396 e. The van der Waals surface area contributed by atoms with Gasteiger partial charge in [-0.1, -0.05) is 30.3 Å². The van der Waals surface area contributed by atoms with Crippen molar-refractivity contribution < 1.29 is 9.50 Å². The maximum Gasteiger partial charge on any atom is 0.128 e. The predicted octanol–water partition coefficient (Wildman–Crippen LogP) is 4.20. The van der Waals surface area contributed by atoms with Gasteiger partial charge >= 0.3 is 0 Å². The van der Waals surface area contributed by atoms with E-state index in [0.29, 0.717) is 18.1 Å². The number of benzene rings is 2. The van der Waals surface area contributed by atoms with Crippen molar-refractivity contribution in [2.24, 2.45) is 5.92 Å². The van der Waals surface area contributed by atoms with E-state index in [4.69, 9.17) is 0 Å². The lowest BCUT2D eigenvalue weighted by atomic mass is 9.97. The van der Waals surface area contributed by atoms with Crippen LogP contribution in [0.25, 0.3) is 0 Å². The molecule has 0 aliphatic carbocycles. The average molecular weight is 342 g/mol. The van der Waals surface area contributed by atoms with E-state index in [1.165, 1.54) is 11.6 Å². The second-order valence-electron chi connectivity index (χ2n) is 6.99. The van der Waals surface area contributed by atoms with Crippen molar-refractivity contribution in [1.29, 1.82) is 0 Å². The number of halogens is 1. The minimum atomic E-state index is -0.176. The summed E-state index contributed by atoms with van der Waals surface area (Å²) in [6.07, 6.45) is 2.14. The molecular formula is C21H27FN2O. The molecule has 4 heteroatoms. The molecule has 1 aliphatic rings.